The standard InChI is InChI=1S/C16H20ClN3O3/c1-19(2)16(23)13-7-4-8-20(13)14(21)10-18-15(22)11-5-3-6-12(17)9-11/h3,5-6,9,13H,4,7-8,10H2,1-2H3,(H,18,22). The molecular weight excluding hydrogens is 318 g/mol. The fraction of sp³-hybridized carbons (Fsp3) is 0.438. The van der Waals surface area contributed by atoms with Crippen LogP contribution in [0.5, 0.6) is 0 Å². The molecule has 0 aliphatic carbocycles. The van der Waals surface area contributed by atoms with Gasteiger partial charge < -0.3 is 15.1 Å². The van der Waals surface area contributed by atoms with Crippen molar-refractivity contribution in [3.05, 3.63) is 34.9 Å². The normalized spacial score (nSPS) is 17.0. The average molecular weight is 338 g/mol. The van der Waals surface area contributed by atoms with Crippen LogP contribution in [0.15, 0.2) is 24.3 Å². The maximum absolute atomic E-state index is 12.3. The Morgan fingerprint density at radius 2 is 2.09 bits per heavy atom. The Hall–Kier alpha value is -2.08. The molecule has 1 N–H and O–H groups in total. The highest BCUT2D eigenvalue weighted by atomic mass is 35.5. The number of hydrogen-bond donors (Lipinski definition) is 1. The summed E-state index contributed by atoms with van der Waals surface area (Å²) in [4.78, 5) is 39.4. The number of nitrogens with one attached hydrogen (secondary N) is 1. The molecule has 1 aliphatic heterocycles. The van der Waals surface area contributed by atoms with Gasteiger partial charge in [0.2, 0.25) is 11.8 Å². The highest BCUT2D eigenvalue weighted by molar-refractivity contribution is 6.30. The third-order valence-corrected chi connectivity index (χ3v) is 4.02. The van der Waals surface area contributed by atoms with Crippen molar-refractivity contribution >= 4 is 29.3 Å². The lowest BCUT2D eigenvalue weighted by Crippen LogP contribution is -2.48. The summed E-state index contributed by atoms with van der Waals surface area (Å²) in [6, 6.07) is 6.08. The molecule has 1 saturated heterocycles. The second-order valence-electron chi connectivity index (χ2n) is 5.67. The lowest BCUT2D eigenvalue weighted by molar-refractivity contribution is -0.141. The van der Waals surface area contributed by atoms with Crippen molar-refractivity contribution in [2.45, 2.75) is 18.9 Å². The molecule has 0 spiro atoms. The molecule has 1 fully saturated rings. The van der Waals surface area contributed by atoms with Gasteiger partial charge in [0.25, 0.3) is 5.91 Å². The van der Waals surface area contributed by atoms with Crippen molar-refractivity contribution < 1.29 is 14.4 Å². The van der Waals surface area contributed by atoms with Crippen LogP contribution < -0.4 is 5.32 Å². The number of hydrogen-bond acceptors (Lipinski definition) is 3. The Labute approximate surface area is 140 Å². The van der Waals surface area contributed by atoms with Gasteiger partial charge >= 0.3 is 0 Å². The summed E-state index contributed by atoms with van der Waals surface area (Å²) in [5.41, 5.74) is 0.396. The van der Waals surface area contributed by atoms with Crippen LogP contribution >= 0.6 is 11.6 Å². The first-order valence-corrected chi connectivity index (χ1v) is 7.82. The zero-order chi connectivity index (χ0) is 17.0. The number of amides is 3. The van der Waals surface area contributed by atoms with E-state index in [1.54, 1.807) is 37.2 Å². The van der Waals surface area contributed by atoms with Crippen molar-refractivity contribution in [3.63, 3.8) is 0 Å². The Morgan fingerprint density at radius 3 is 2.74 bits per heavy atom. The van der Waals surface area contributed by atoms with Crippen molar-refractivity contribution in [1.82, 2.24) is 15.1 Å². The summed E-state index contributed by atoms with van der Waals surface area (Å²) in [6.07, 6.45) is 1.45. The van der Waals surface area contributed by atoms with Crippen molar-refractivity contribution in [2.75, 3.05) is 27.2 Å². The van der Waals surface area contributed by atoms with E-state index in [1.807, 2.05) is 0 Å². The smallest absolute Gasteiger partial charge is 0.251 e. The molecule has 1 heterocycles. The van der Waals surface area contributed by atoms with Crippen LogP contribution in [0, 0.1) is 0 Å². The Kier molecular flexibility index (Phi) is 5.60. The highest BCUT2D eigenvalue weighted by Crippen LogP contribution is 2.18. The fourth-order valence-electron chi connectivity index (χ4n) is 2.61. The predicted octanol–water partition coefficient (Wildman–Crippen LogP) is 1.15. The van der Waals surface area contributed by atoms with Crippen molar-refractivity contribution in [2.24, 2.45) is 0 Å². The predicted molar refractivity (Wildman–Crippen MR) is 87.2 cm³/mol. The first kappa shape index (κ1) is 17.3. The molecule has 3 amide bonds. The maximum Gasteiger partial charge on any atom is 0.251 e. The van der Waals surface area contributed by atoms with E-state index in [9.17, 15) is 14.4 Å². The highest BCUT2D eigenvalue weighted by Gasteiger charge is 2.34. The molecule has 23 heavy (non-hydrogen) atoms. The molecule has 2 rings (SSSR count). The molecule has 0 aromatic heterocycles. The Bertz CT molecular complexity index is 618. The summed E-state index contributed by atoms with van der Waals surface area (Å²) >= 11 is 5.84. The molecule has 124 valence electrons. The maximum atomic E-state index is 12.3. The van der Waals surface area contributed by atoms with E-state index < -0.39 is 6.04 Å². The molecule has 1 unspecified atom stereocenters. The van der Waals surface area contributed by atoms with E-state index in [2.05, 4.69) is 5.32 Å². The summed E-state index contributed by atoms with van der Waals surface area (Å²) in [7, 11) is 3.34. The molecule has 1 aromatic rings. The van der Waals surface area contributed by atoms with Gasteiger partial charge in [-0.25, -0.2) is 0 Å². The number of benzene rings is 1. The van der Waals surface area contributed by atoms with Crippen LogP contribution in [-0.2, 0) is 9.59 Å². The van der Waals surface area contributed by atoms with Gasteiger partial charge in [0.05, 0.1) is 6.54 Å². The molecule has 1 atom stereocenters. The molecule has 0 bridgehead atoms. The van der Waals surface area contributed by atoms with Gasteiger partial charge in [-0.1, -0.05) is 17.7 Å². The molecule has 7 heteroatoms. The van der Waals surface area contributed by atoms with Crippen LogP contribution in [-0.4, -0.2) is 60.7 Å². The summed E-state index contributed by atoms with van der Waals surface area (Å²) in [5, 5.41) is 3.04. The lowest BCUT2D eigenvalue weighted by atomic mass is 10.2. The minimum atomic E-state index is -0.430. The molecule has 0 saturated carbocycles. The summed E-state index contributed by atoms with van der Waals surface area (Å²) < 4.78 is 0. The van der Waals surface area contributed by atoms with Crippen molar-refractivity contribution in [1.29, 1.82) is 0 Å². The van der Waals surface area contributed by atoms with E-state index in [-0.39, 0.29) is 24.3 Å². The van der Waals surface area contributed by atoms with Crippen LogP contribution in [0.2, 0.25) is 5.02 Å². The zero-order valence-corrected chi connectivity index (χ0v) is 14.0. The number of nitrogens with zero attached hydrogens (tertiary/aromatic N) is 2. The topological polar surface area (TPSA) is 69.7 Å². The summed E-state index contributed by atoms with van der Waals surface area (Å²) in [5.74, 6) is -0.703. The third-order valence-electron chi connectivity index (χ3n) is 3.79. The lowest BCUT2D eigenvalue weighted by Gasteiger charge is -2.26. The summed E-state index contributed by atoms with van der Waals surface area (Å²) in [6.45, 7) is 0.401. The van der Waals surface area contributed by atoms with E-state index in [4.69, 9.17) is 11.6 Å². The van der Waals surface area contributed by atoms with E-state index >= 15 is 0 Å². The monoisotopic (exact) mass is 337 g/mol. The quantitative estimate of drug-likeness (QED) is 0.896. The average Bonchev–Trinajstić information content (AvgIpc) is 3.00. The van der Waals surface area contributed by atoms with Gasteiger partial charge in [-0.3, -0.25) is 14.4 Å². The number of carbonyl (C=O) groups excluding carboxylic acids is 3. The van der Waals surface area contributed by atoms with Crippen LogP contribution in [0.1, 0.15) is 23.2 Å². The van der Waals surface area contributed by atoms with Crippen LogP contribution in [0.25, 0.3) is 0 Å². The Morgan fingerprint density at radius 1 is 1.35 bits per heavy atom. The largest absolute Gasteiger partial charge is 0.347 e. The van der Waals surface area contributed by atoms with Gasteiger partial charge in [0.15, 0.2) is 0 Å². The Balaban J connectivity index is 1.94. The zero-order valence-electron chi connectivity index (χ0n) is 13.2. The molecule has 0 radical (unpaired) electrons. The van der Waals surface area contributed by atoms with E-state index in [0.717, 1.165) is 6.42 Å². The number of likely N-dealkylation sites (N-methyl/N-ethyl adjacent to an activating group) is 1. The third kappa shape index (κ3) is 4.22. The van der Waals surface area contributed by atoms with E-state index in [1.165, 1.54) is 11.0 Å². The molecule has 1 aromatic carbocycles. The minimum absolute atomic E-state index is 0.0861. The van der Waals surface area contributed by atoms with E-state index in [0.29, 0.717) is 23.6 Å². The van der Waals surface area contributed by atoms with Gasteiger partial charge in [-0.15, -0.1) is 0 Å². The van der Waals surface area contributed by atoms with Crippen LogP contribution in [0.4, 0.5) is 0 Å². The fourth-order valence-corrected chi connectivity index (χ4v) is 2.80. The first-order chi connectivity index (χ1) is 10.9. The van der Waals surface area contributed by atoms with Crippen LogP contribution in [0.3, 0.4) is 0 Å². The van der Waals surface area contributed by atoms with Gasteiger partial charge in [0, 0.05) is 31.2 Å². The second kappa shape index (κ2) is 7.46. The number of halogens is 1. The number of likely N-dealkylation sites (tertiary alicyclic amines) is 1. The molecule has 1 aliphatic rings. The number of rotatable bonds is 4. The number of carbonyl (C=O) groups is 3. The minimum Gasteiger partial charge on any atom is -0.347 e. The van der Waals surface area contributed by atoms with Gasteiger partial charge in [0.1, 0.15) is 6.04 Å². The second-order valence-corrected chi connectivity index (χ2v) is 6.11. The molecular formula is C16H20ClN3O3. The SMILES string of the molecule is CN(C)C(=O)C1CCCN1C(=O)CNC(=O)c1cccc(Cl)c1. The van der Waals surface area contributed by atoms with Gasteiger partial charge in [-0.2, -0.15) is 0 Å². The first-order valence-electron chi connectivity index (χ1n) is 7.44. The molecule has 6 nitrogen and oxygen atoms in total. The van der Waals surface area contributed by atoms with Gasteiger partial charge in [-0.05, 0) is 31.0 Å². The van der Waals surface area contributed by atoms with Crippen molar-refractivity contribution in [3.8, 4) is 0 Å².